The molecule has 0 saturated carbocycles. The van der Waals surface area contributed by atoms with Crippen molar-refractivity contribution in [3.63, 3.8) is 0 Å². The normalized spacial score (nSPS) is 11.7. The maximum absolute atomic E-state index is 15.2. The molecule has 206 valence electrons. The maximum atomic E-state index is 15.2. The van der Waals surface area contributed by atoms with Gasteiger partial charge in [-0.25, -0.2) is 32.2 Å². The van der Waals surface area contributed by atoms with Crippen LogP contribution in [0.4, 0.5) is 14.5 Å². The van der Waals surface area contributed by atoms with E-state index in [1.165, 1.54) is 6.20 Å². The monoisotopic (exact) mass is 558 g/mol. The summed E-state index contributed by atoms with van der Waals surface area (Å²) < 4.78 is 61.3. The Balaban J connectivity index is 1.60. The molecule has 10 nitrogen and oxygen atoms in total. The number of aromatic amines is 1. The van der Waals surface area contributed by atoms with Crippen molar-refractivity contribution < 1.29 is 26.7 Å². The Kier molecular flexibility index (Phi) is 8.51. The largest absolute Gasteiger partial charge is 0.463 e. The van der Waals surface area contributed by atoms with Gasteiger partial charge in [-0.1, -0.05) is 6.92 Å². The van der Waals surface area contributed by atoms with Gasteiger partial charge in [0.15, 0.2) is 11.6 Å². The quantitative estimate of drug-likeness (QED) is 0.197. The fourth-order valence-electron chi connectivity index (χ4n) is 3.87. The van der Waals surface area contributed by atoms with Crippen LogP contribution in [0.2, 0.25) is 0 Å². The molecular weight excluding hydrogens is 530 g/mol. The first-order valence-corrected chi connectivity index (χ1v) is 13.8. The highest BCUT2D eigenvalue weighted by Crippen LogP contribution is 2.29. The zero-order valence-electron chi connectivity index (χ0n) is 21.7. The van der Waals surface area contributed by atoms with Crippen LogP contribution in [0.5, 0.6) is 6.01 Å². The Morgan fingerprint density at radius 2 is 1.79 bits per heavy atom. The number of carbonyl (C=O) groups excluding carboxylic acids is 1. The van der Waals surface area contributed by atoms with Crippen molar-refractivity contribution in [1.82, 2.24) is 24.8 Å². The van der Waals surface area contributed by atoms with E-state index in [4.69, 9.17) is 4.74 Å². The van der Waals surface area contributed by atoms with E-state index in [1.807, 2.05) is 18.8 Å². The van der Waals surface area contributed by atoms with Gasteiger partial charge < -0.3 is 14.6 Å². The van der Waals surface area contributed by atoms with Crippen molar-refractivity contribution in [1.29, 1.82) is 0 Å². The highest BCUT2D eigenvalue weighted by atomic mass is 32.2. The summed E-state index contributed by atoms with van der Waals surface area (Å²) in [6.45, 7) is 2.97. The van der Waals surface area contributed by atoms with Crippen molar-refractivity contribution in [3.8, 4) is 17.1 Å². The number of fused-ring (bicyclic) bond motifs is 1. The van der Waals surface area contributed by atoms with E-state index < -0.39 is 38.7 Å². The number of halogens is 2. The van der Waals surface area contributed by atoms with Gasteiger partial charge in [-0.2, -0.15) is 0 Å². The number of nitrogens with one attached hydrogen (secondary N) is 2. The van der Waals surface area contributed by atoms with E-state index in [1.54, 1.807) is 31.6 Å². The maximum Gasteiger partial charge on any atom is 0.316 e. The predicted molar refractivity (Wildman–Crippen MR) is 143 cm³/mol. The zero-order chi connectivity index (χ0) is 28.2. The first-order valence-electron chi connectivity index (χ1n) is 12.2. The van der Waals surface area contributed by atoms with Crippen LogP contribution in [-0.2, 0) is 10.0 Å². The highest BCUT2D eigenvalue weighted by molar-refractivity contribution is 7.92. The van der Waals surface area contributed by atoms with Crippen LogP contribution < -0.4 is 9.46 Å². The van der Waals surface area contributed by atoms with Crippen LogP contribution in [0.3, 0.4) is 0 Å². The van der Waals surface area contributed by atoms with Gasteiger partial charge in [0.25, 0.3) is 0 Å². The van der Waals surface area contributed by atoms with E-state index in [-0.39, 0.29) is 23.7 Å². The molecule has 0 fully saturated rings. The molecule has 2 N–H and O–H groups in total. The molecule has 0 aliphatic carbocycles. The second-order valence-corrected chi connectivity index (χ2v) is 11.0. The molecule has 1 aromatic carbocycles. The minimum Gasteiger partial charge on any atom is -0.463 e. The fourth-order valence-corrected chi connectivity index (χ4v) is 5.01. The number of sulfonamides is 1. The number of anilines is 1. The third-order valence-corrected chi connectivity index (χ3v) is 7.25. The van der Waals surface area contributed by atoms with Gasteiger partial charge in [0.1, 0.15) is 17.2 Å². The minimum absolute atomic E-state index is 0.0778. The van der Waals surface area contributed by atoms with Crippen molar-refractivity contribution in [3.05, 3.63) is 65.7 Å². The lowest BCUT2D eigenvalue weighted by molar-refractivity contribution is 0.103. The molecule has 0 saturated heterocycles. The summed E-state index contributed by atoms with van der Waals surface area (Å²) in [5.74, 6) is -3.52. The molecule has 0 unspecified atom stereocenters. The lowest BCUT2D eigenvalue weighted by Crippen LogP contribution is -2.19. The standard InChI is InChI=1S/C26H28F2N6O4S/c1-4-10-39(36,37)33-23-21(27)7-6-18(22(23)28)24(35)20-15-30-25-19(20)11-16(12-29-25)17-13-31-26(32-14-17)38-9-5-8-34(2)3/h6-7,11-15,33H,4-5,8-10H2,1-3H3,(H,29,30). The predicted octanol–water partition coefficient (Wildman–Crippen LogP) is 4.01. The van der Waals surface area contributed by atoms with Crippen molar-refractivity contribution in [2.75, 3.05) is 37.7 Å². The van der Waals surface area contributed by atoms with Gasteiger partial charge in [0, 0.05) is 53.4 Å². The number of nitrogens with zero attached hydrogens (tertiary/aromatic N) is 4. The van der Waals surface area contributed by atoms with Crippen LogP contribution in [-0.4, -0.2) is 72.0 Å². The molecule has 4 rings (SSSR count). The van der Waals surface area contributed by atoms with Crippen LogP contribution in [0.1, 0.15) is 35.7 Å². The molecule has 0 atom stereocenters. The highest BCUT2D eigenvalue weighted by Gasteiger charge is 2.25. The first-order chi connectivity index (χ1) is 18.6. The Morgan fingerprint density at radius 1 is 1.08 bits per heavy atom. The van der Waals surface area contributed by atoms with Crippen molar-refractivity contribution in [2.24, 2.45) is 0 Å². The number of hydrogen-bond donors (Lipinski definition) is 2. The van der Waals surface area contributed by atoms with Gasteiger partial charge >= 0.3 is 6.01 Å². The Labute approximate surface area is 224 Å². The summed E-state index contributed by atoms with van der Waals surface area (Å²) in [6.07, 6.45) is 7.15. The van der Waals surface area contributed by atoms with Crippen LogP contribution in [0.15, 0.2) is 43.0 Å². The SMILES string of the molecule is CCCS(=O)(=O)Nc1c(F)ccc(C(=O)c2c[nH]c3ncc(-c4cnc(OCCCN(C)C)nc4)cc23)c1F. The summed E-state index contributed by atoms with van der Waals surface area (Å²) in [7, 11) is -0.0352. The lowest BCUT2D eigenvalue weighted by Gasteiger charge is -2.11. The number of ketones is 1. The number of rotatable bonds is 12. The van der Waals surface area contributed by atoms with E-state index in [2.05, 4.69) is 24.8 Å². The van der Waals surface area contributed by atoms with Gasteiger partial charge in [-0.15, -0.1) is 0 Å². The molecule has 0 spiro atoms. The Morgan fingerprint density at radius 3 is 2.49 bits per heavy atom. The van der Waals surface area contributed by atoms with E-state index in [9.17, 15) is 17.6 Å². The summed E-state index contributed by atoms with van der Waals surface area (Å²) in [4.78, 5) is 31.0. The number of hydrogen-bond acceptors (Lipinski definition) is 8. The molecule has 0 amide bonds. The van der Waals surface area contributed by atoms with E-state index in [0.717, 1.165) is 25.1 Å². The number of ether oxygens (including phenoxy) is 1. The molecule has 0 radical (unpaired) electrons. The average molecular weight is 559 g/mol. The third kappa shape index (κ3) is 6.55. The molecule has 0 aliphatic rings. The topological polar surface area (TPSA) is 130 Å². The average Bonchev–Trinajstić information content (AvgIpc) is 3.32. The Bertz CT molecular complexity index is 1590. The zero-order valence-corrected chi connectivity index (χ0v) is 22.5. The smallest absolute Gasteiger partial charge is 0.316 e. The van der Waals surface area contributed by atoms with Crippen molar-refractivity contribution >= 4 is 32.5 Å². The van der Waals surface area contributed by atoms with Gasteiger partial charge in [-0.05, 0) is 45.1 Å². The molecular formula is C26H28F2N6O4S. The first kappa shape index (κ1) is 28.0. The number of carbonyl (C=O) groups is 1. The third-order valence-electron chi connectivity index (χ3n) is 5.78. The molecule has 3 aromatic heterocycles. The van der Waals surface area contributed by atoms with Crippen LogP contribution in [0, 0.1) is 11.6 Å². The molecule has 13 heteroatoms. The van der Waals surface area contributed by atoms with Gasteiger partial charge in [0.05, 0.1) is 17.9 Å². The Hall–Kier alpha value is -3.97. The number of pyridine rings is 1. The number of benzene rings is 1. The van der Waals surface area contributed by atoms with Gasteiger partial charge in [0.2, 0.25) is 10.0 Å². The second kappa shape index (κ2) is 11.8. The lowest BCUT2D eigenvalue weighted by atomic mass is 10.0. The fraction of sp³-hybridized carbons (Fsp3) is 0.308. The minimum atomic E-state index is -3.99. The molecule has 39 heavy (non-hydrogen) atoms. The van der Waals surface area contributed by atoms with E-state index in [0.29, 0.717) is 28.8 Å². The second-order valence-electron chi connectivity index (χ2n) is 9.12. The van der Waals surface area contributed by atoms with Gasteiger partial charge in [-0.3, -0.25) is 9.52 Å². The van der Waals surface area contributed by atoms with Crippen LogP contribution >= 0.6 is 0 Å². The molecule has 0 aliphatic heterocycles. The molecule has 0 bridgehead atoms. The number of H-pyrrole nitrogens is 1. The molecule has 4 aromatic rings. The molecule has 3 heterocycles. The summed E-state index contributed by atoms with van der Waals surface area (Å²) in [6, 6.07) is 3.74. The summed E-state index contributed by atoms with van der Waals surface area (Å²) in [5.41, 5.74) is 0.280. The van der Waals surface area contributed by atoms with E-state index >= 15 is 4.39 Å². The summed E-state index contributed by atoms with van der Waals surface area (Å²) in [5, 5.41) is 0.387. The number of aromatic nitrogens is 4. The summed E-state index contributed by atoms with van der Waals surface area (Å²) >= 11 is 0. The van der Waals surface area contributed by atoms with Crippen LogP contribution in [0.25, 0.3) is 22.2 Å². The van der Waals surface area contributed by atoms with Crippen molar-refractivity contribution in [2.45, 2.75) is 19.8 Å².